The highest BCUT2D eigenvalue weighted by atomic mass is 19.1. The normalized spacial score (nSPS) is 38.5. The number of carbonyl (C=O) groups excluding carboxylic acids is 1. The molecule has 50 heavy (non-hydrogen) atoms. The number of aliphatic hydroxyl groups excluding tert-OH is 1. The number of allylic oxidation sites excluding steroid dienone is 2. The maximum atomic E-state index is 14.3. The van der Waals surface area contributed by atoms with E-state index < -0.39 is 22.5 Å². The summed E-state index contributed by atoms with van der Waals surface area (Å²) in [7, 11) is 0. The zero-order valence-corrected chi connectivity index (χ0v) is 32.1. The second-order valence-corrected chi connectivity index (χ2v) is 19.4. The summed E-state index contributed by atoms with van der Waals surface area (Å²) in [5.41, 5.74) is 0.157. The molecule has 0 amide bonds. The Hall–Kier alpha value is -2.22. The Labute approximate surface area is 299 Å². The van der Waals surface area contributed by atoms with Crippen molar-refractivity contribution in [2.24, 2.45) is 50.2 Å². The van der Waals surface area contributed by atoms with Gasteiger partial charge in [-0.1, -0.05) is 85.8 Å². The van der Waals surface area contributed by atoms with Crippen molar-refractivity contribution in [3.63, 3.8) is 0 Å². The number of nitrogens with one attached hydrogen (secondary N) is 1. The molecule has 4 saturated carbocycles. The smallest absolute Gasteiger partial charge is 0.328 e. The molecule has 2 N–H and O–H groups in total. The molecule has 1 aromatic rings. The van der Waals surface area contributed by atoms with E-state index in [-0.39, 0.29) is 45.1 Å². The largest absolute Gasteiger partial charge is 0.465 e. The maximum Gasteiger partial charge on any atom is 0.328 e. The molecule has 5 aliphatic carbocycles. The third kappa shape index (κ3) is 6.09. The van der Waals surface area contributed by atoms with Crippen LogP contribution in [0.5, 0.6) is 0 Å². The number of aliphatic hydroxyl groups is 1. The molecular formula is C42H65FN2O5. The zero-order chi connectivity index (χ0) is 36.3. The van der Waals surface area contributed by atoms with Crippen LogP contribution >= 0.6 is 0 Å². The first-order chi connectivity index (χ1) is 23.4. The highest BCUT2D eigenvalue weighted by Crippen LogP contribution is 2.75. The van der Waals surface area contributed by atoms with E-state index in [2.05, 4.69) is 54.5 Å². The number of carbonyl (C=O) groups is 1. The minimum absolute atomic E-state index is 0.0329. The second kappa shape index (κ2) is 13.3. The number of fused-ring (bicyclic) bond motifs is 7. The van der Waals surface area contributed by atoms with Crippen LogP contribution in [0.15, 0.2) is 27.4 Å². The number of aromatic amines is 1. The number of rotatable bonds is 10. The highest BCUT2D eigenvalue weighted by molar-refractivity contribution is 5.78. The minimum atomic E-state index is -0.979. The van der Waals surface area contributed by atoms with E-state index in [9.17, 15) is 23.9 Å². The van der Waals surface area contributed by atoms with Crippen LogP contribution in [0.25, 0.3) is 0 Å². The molecule has 0 radical (unpaired) electrons. The van der Waals surface area contributed by atoms with Crippen molar-refractivity contribution < 1.29 is 19.0 Å². The van der Waals surface area contributed by atoms with Crippen molar-refractivity contribution in [2.75, 3.05) is 6.61 Å². The van der Waals surface area contributed by atoms with Crippen LogP contribution in [-0.2, 0) is 16.1 Å². The molecule has 0 spiro atoms. The van der Waals surface area contributed by atoms with Crippen LogP contribution in [0.1, 0.15) is 151 Å². The SMILES string of the molecule is CC1(C)CC[C@]2(C(=O)OCCCCCCCCn3cc(F)c(=O)[nH]c3=O)CC[C@]3(C)C(=CC[C@@H]4[C@@]5(C)CC[C@H](O)C(C)(C)[C@@H]5CC[C@]43C)[C@@H]2C1. The lowest BCUT2D eigenvalue weighted by atomic mass is 9.33. The first-order valence-corrected chi connectivity index (χ1v) is 20.0. The summed E-state index contributed by atoms with van der Waals surface area (Å²) >= 11 is 0. The van der Waals surface area contributed by atoms with Gasteiger partial charge in [0.1, 0.15) is 0 Å². The van der Waals surface area contributed by atoms with Crippen molar-refractivity contribution >= 4 is 5.97 Å². The van der Waals surface area contributed by atoms with Gasteiger partial charge in [-0.3, -0.25) is 19.1 Å². The fourth-order valence-electron chi connectivity index (χ4n) is 12.6. The minimum Gasteiger partial charge on any atom is -0.465 e. The first-order valence-electron chi connectivity index (χ1n) is 20.0. The Morgan fingerprint density at radius 1 is 0.900 bits per heavy atom. The first kappa shape index (κ1) is 37.5. The molecule has 8 atom stereocenters. The van der Waals surface area contributed by atoms with Gasteiger partial charge >= 0.3 is 11.7 Å². The number of aryl methyl sites for hydroxylation is 1. The van der Waals surface area contributed by atoms with Crippen LogP contribution < -0.4 is 11.2 Å². The van der Waals surface area contributed by atoms with Gasteiger partial charge in [0.2, 0.25) is 5.82 Å². The Morgan fingerprint density at radius 3 is 2.32 bits per heavy atom. The van der Waals surface area contributed by atoms with Gasteiger partial charge in [0, 0.05) is 6.54 Å². The highest BCUT2D eigenvalue weighted by Gasteiger charge is 2.69. The number of aromatic nitrogens is 2. The second-order valence-electron chi connectivity index (χ2n) is 19.4. The summed E-state index contributed by atoms with van der Waals surface area (Å²) in [5.74, 6) is 0.435. The molecular weight excluding hydrogens is 631 g/mol. The third-order valence-electron chi connectivity index (χ3n) is 16.0. The van der Waals surface area contributed by atoms with Crippen LogP contribution in [0.4, 0.5) is 4.39 Å². The predicted octanol–water partition coefficient (Wildman–Crippen LogP) is 8.72. The number of H-pyrrole nitrogens is 1. The molecule has 0 saturated heterocycles. The molecule has 0 aliphatic heterocycles. The predicted molar refractivity (Wildman–Crippen MR) is 195 cm³/mol. The van der Waals surface area contributed by atoms with E-state index in [1.807, 2.05) is 4.98 Å². The molecule has 0 aromatic carbocycles. The summed E-state index contributed by atoms with van der Waals surface area (Å²) in [6, 6.07) is 0. The van der Waals surface area contributed by atoms with Crippen molar-refractivity contribution in [1.29, 1.82) is 0 Å². The van der Waals surface area contributed by atoms with Crippen molar-refractivity contribution in [2.45, 2.75) is 164 Å². The Kier molecular flexibility index (Phi) is 10.0. The average Bonchev–Trinajstić information content (AvgIpc) is 3.04. The van der Waals surface area contributed by atoms with Gasteiger partial charge in [-0.25, -0.2) is 4.79 Å². The lowest BCUT2D eigenvalue weighted by Crippen LogP contribution is -2.65. The van der Waals surface area contributed by atoms with Gasteiger partial charge in [0.15, 0.2) is 0 Å². The number of hydrogen-bond donors (Lipinski definition) is 2. The fourth-order valence-corrected chi connectivity index (χ4v) is 12.6. The number of nitrogens with zero attached hydrogens (tertiary/aromatic N) is 1. The zero-order valence-electron chi connectivity index (χ0n) is 32.1. The number of unbranched alkanes of at least 4 members (excludes halogenated alkanes) is 5. The Balaban J connectivity index is 1.08. The number of halogens is 1. The summed E-state index contributed by atoms with van der Waals surface area (Å²) in [6.07, 6.45) is 19.2. The monoisotopic (exact) mass is 696 g/mol. The van der Waals surface area contributed by atoms with E-state index in [1.165, 1.54) is 17.4 Å². The van der Waals surface area contributed by atoms with E-state index in [4.69, 9.17) is 4.74 Å². The fraction of sp³-hybridized carbons (Fsp3) is 0.833. The standard InChI is InChI=1S/C42H65FN2O5/c1-37(2)20-22-42(35(48)50-25-13-11-9-8-10-12-24-45-27-30(43)34(47)44-36(45)49)23-21-40(6)28(29(42)26-37)14-15-32-39(5)18-17-33(46)38(3,4)31(39)16-19-41(32,40)7/h14,27,29,31-33,46H,8-13,15-26H2,1-7H3,(H,44,47,49)/t29-,31-,32+,33-,39-,40+,41+,42-/m0/s1. The van der Waals surface area contributed by atoms with E-state index in [0.717, 1.165) is 96.1 Å². The Bertz CT molecular complexity index is 1590. The number of hydrogen-bond acceptors (Lipinski definition) is 5. The van der Waals surface area contributed by atoms with Crippen LogP contribution in [0.2, 0.25) is 0 Å². The molecule has 5 aliphatic rings. The molecule has 0 bridgehead atoms. The molecule has 280 valence electrons. The van der Waals surface area contributed by atoms with E-state index in [0.29, 0.717) is 25.0 Å². The van der Waals surface area contributed by atoms with Gasteiger partial charge < -0.3 is 9.84 Å². The van der Waals surface area contributed by atoms with Crippen molar-refractivity contribution in [3.05, 3.63) is 44.5 Å². The van der Waals surface area contributed by atoms with E-state index >= 15 is 0 Å². The topological polar surface area (TPSA) is 101 Å². The summed E-state index contributed by atoms with van der Waals surface area (Å²) in [5, 5.41) is 11.1. The van der Waals surface area contributed by atoms with Crippen LogP contribution in [0, 0.1) is 56.1 Å². The third-order valence-corrected chi connectivity index (χ3v) is 16.0. The van der Waals surface area contributed by atoms with Crippen molar-refractivity contribution in [3.8, 4) is 0 Å². The maximum absolute atomic E-state index is 14.3. The molecule has 1 heterocycles. The molecule has 8 heteroatoms. The molecule has 4 fully saturated rings. The summed E-state index contributed by atoms with van der Waals surface area (Å²) in [6.45, 7) is 18.0. The van der Waals surface area contributed by atoms with Gasteiger partial charge in [0.25, 0.3) is 5.56 Å². The van der Waals surface area contributed by atoms with Gasteiger partial charge in [-0.05, 0) is 122 Å². The summed E-state index contributed by atoms with van der Waals surface area (Å²) < 4.78 is 20.9. The van der Waals surface area contributed by atoms with Gasteiger partial charge in [-0.15, -0.1) is 0 Å². The molecule has 6 rings (SSSR count). The number of esters is 1. The lowest BCUT2D eigenvalue weighted by Gasteiger charge is -2.71. The number of ether oxygens (including phenoxy) is 1. The molecule has 1 aromatic heterocycles. The van der Waals surface area contributed by atoms with Crippen LogP contribution in [0.3, 0.4) is 0 Å². The average molecular weight is 697 g/mol. The van der Waals surface area contributed by atoms with Gasteiger partial charge in [0.05, 0.1) is 24.3 Å². The van der Waals surface area contributed by atoms with Crippen LogP contribution in [-0.4, -0.2) is 33.3 Å². The van der Waals surface area contributed by atoms with Gasteiger partial charge in [-0.2, -0.15) is 4.39 Å². The van der Waals surface area contributed by atoms with Crippen molar-refractivity contribution in [1.82, 2.24) is 9.55 Å². The van der Waals surface area contributed by atoms with E-state index in [1.54, 1.807) is 5.57 Å². The quantitative estimate of drug-likeness (QED) is 0.145. The molecule has 7 nitrogen and oxygen atoms in total. The molecule has 0 unspecified atom stereocenters. The lowest BCUT2D eigenvalue weighted by molar-refractivity contribution is -0.206. The summed E-state index contributed by atoms with van der Waals surface area (Å²) in [4.78, 5) is 39.4. The Morgan fingerprint density at radius 2 is 1.58 bits per heavy atom.